The minimum Gasteiger partial charge on any atom is -0.354 e. The van der Waals surface area contributed by atoms with Gasteiger partial charge in [0, 0.05) is 28.5 Å². The topological polar surface area (TPSA) is 73.4 Å². The van der Waals surface area contributed by atoms with E-state index in [1.54, 1.807) is 6.20 Å². The van der Waals surface area contributed by atoms with E-state index in [0.29, 0.717) is 10.9 Å². The minimum absolute atomic E-state index is 0.151. The van der Waals surface area contributed by atoms with Crippen LogP contribution in [0.4, 0.5) is 0 Å². The zero-order valence-corrected chi connectivity index (χ0v) is 20.3. The Morgan fingerprint density at radius 1 is 0.622 bits per heavy atom. The summed E-state index contributed by atoms with van der Waals surface area (Å²) in [4.78, 5) is 21.2. The monoisotopic (exact) mass is 480 g/mol. The molecule has 0 amide bonds. The highest BCUT2D eigenvalue weighted by Crippen LogP contribution is 2.36. The molecule has 0 saturated carbocycles. The van der Waals surface area contributed by atoms with Crippen LogP contribution in [-0.2, 0) is 6.54 Å². The number of quaternary nitrogens is 1. The molecule has 0 spiro atoms. The van der Waals surface area contributed by atoms with Crippen LogP contribution in [0.1, 0.15) is 5.56 Å². The SMILES string of the molecule is [NH3+]Cc1ccc(-c2nc3c(-c4cccc(-c5ccccc5)c4)c[nH]c(=O)c3cc2-c2ccccc2)cc1. The van der Waals surface area contributed by atoms with Gasteiger partial charge in [-0.25, -0.2) is 4.98 Å². The Labute approximate surface area is 215 Å². The fourth-order valence-electron chi connectivity index (χ4n) is 4.78. The summed E-state index contributed by atoms with van der Waals surface area (Å²) in [5.41, 5.74) is 13.6. The molecule has 0 radical (unpaired) electrons. The van der Waals surface area contributed by atoms with Gasteiger partial charge in [-0.15, -0.1) is 0 Å². The number of aromatic amines is 1. The fraction of sp³-hybridized carbons (Fsp3) is 0.0303. The first kappa shape index (κ1) is 22.7. The van der Waals surface area contributed by atoms with Crippen molar-refractivity contribution in [1.82, 2.24) is 9.97 Å². The molecule has 4 nitrogen and oxygen atoms in total. The molecule has 6 rings (SSSR count). The van der Waals surface area contributed by atoms with Gasteiger partial charge >= 0.3 is 0 Å². The molecule has 0 unspecified atom stereocenters. The average molecular weight is 481 g/mol. The molecule has 0 fully saturated rings. The lowest BCUT2D eigenvalue weighted by Gasteiger charge is -2.14. The summed E-state index contributed by atoms with van der Waals surface area (Å²) >= 11 is 0. The van der Waals surface area contributed by atoms with Crippen LogP contribution in [0.2, 0.25) is 0 Å². The maximum Gasteiger partial charge on any atom is 0.257 e. The van der Waals surface area contributed by atoms with Gasteiger partial charge in [-0.3, -0.25) is 4.79 Å². The summed E-state index contributed by atoms with van der Waals surface area (Å²) in [7, 11) is 0. The number of nitrogens with zero attached hydrogens (tertiary/aromatic N) is 1. The molecule has 37 heavy (non-hydrogen) atoms. The number of fused-ring (bicyclic) bond motifs is 1. The van der Waals surface area contributed by atoms with Crippen molar-refractivity contribution in [2.75, 3.05) is 0 Å². The third-order valence-electron chi connectivity index (χ3n) is 6.75. The highest BCUT2D eigenvalue weighted by molar-refractivity contribution is 5.98. The van der Waals surface area contributed by atoms with Gasteiger partial charge in [0.2, 0.25) is 0 Å². The van der Waals surface area contributed by atoms with E-state index in [1.807, 2.05) is 48.5 Å². The van der Waals surface area contributed by atoms with Gasteiger partial charge in [0.05, 0.1) is 23.1 Å². The van der Waals surface area contributed by atoms with Crippen LogP contribution >= 0.6 is 0 Å². The van der Waals surface area contributed by atoms with Crippen LogP contribution in [0.3, 0.4) is 0 Å². The lowest BCUT2D eigenvalue weighted by Crippen LogP contribution is -2.47. The molecule has 4 aromatic carbocycles. The van der Waals surface area contributed by atoms with E-state index in [4.69, 9.17) is 4.98 Å². The molecule has 4 heteroatoms. The van der Waals surface area contributed by atoms with Crippen molar-refractivity contribution in [1.29, 1.82) is 0 Å². The molecule has 2 aromatic heterocycles. The van der Waals surface area contributed by atoms with Gasteiger partial charge in [-0.1, -0.05) is 103 Å². The van der Waals surface area contributed by atoms with Gasteiger partial charge in [-0.05, 0) is 34.4 Å². The summed E-state index contributed by atoms with van der Waals surface area (Å²) in [6, 6.07) is 39.1. The summed E-state index contributed by atoms with van der Waals surface area (Å²) in [5.74, 6) is 0. The van der Waals surface area contributed by atoms with E-state index in [9.17, 15) is 4.79 Å². The molecule has 0 aliphatic heterocycles. The van der Waals surface area contributed by atoms with E-state index < -0.39 is 0 Å². The number of hydrogen-bond donors (Lipinski definition) is 2. The summed E-state index contributed by atoms with van der Waals surface area (Å²) in [5, 5.41) is 0.569. The highest BCUT2D eigenvalue weighted by Gasteiger charge is 2.16. The predicted molar refractivity (Wildman–Crippen MR) is 151 cm³/mol. The van der Waals surface area contributed by atoms with Crippen molar-refractivity contribution in [2.24, 2.45) is 0 Å². The Balaban J connectivity index is 1.61. The number of pyridine rings is 2. The van der Waals surface area contributed by atoms with Crippen molar-refractivity contribution in [3.05, 3.63) is 137 Å². The molecule has 178 valence electrons. The predicted octanol–water partition coefficient (Wildman–Crippen LogP) is 6.33. The van der Waals surface area contributed by atoms with Gasteiger partial charge in [-0.2, -0.15) is 0 Å². The number of benzene rings is 4. The third-order valence-corrected chi connectivity index (χ3v) is 6.75. The normalized spacial score (nSPS) is 11.1. The number of nitrogens with one attached hydrogen (secondary N) is 1. The Bertz CT molecular complexity index is 1760. The van der Waals surface area contributed by atoms with Crippen LogP contribution in [0.25, 0.3) is 55.5 Å². The van der Waals surface area contributed by atoms with Crippen molar-refractivity contribution in [3.63, 3.8) is 0 Å². The molecule has 2 heterocycles. The Morgan fingerprint density at radius 2 is 1.27 bits per heavy atom. The Hall–Kier alpha value is -4.80. The standard InChI is InChI=1S/C33H25N3O/c34-20-22-14-16-25(17-15-22)31-28(24-10-5-2-6-11-24)19-29-32(36-31)30(21-35-33(29)37)27-13-7-12-26(18-27)23-8-3-1-4-9-23/h1-19,21H,20,34H2,(H,35,37)/p+1. The van der Waals surface area contributed by atoms with Crippen molar-refractivity contribution in [3.8, 4) is 44.6 Å². The summed E-state index contributed by atoms with van der Waals surface area (Å²) in [6.07, 6.45) is 1.78. The fourth-order valence-corrected chi connectivity index (χ4v) is 4.78. The summed E-state index contributed by atoms with van der Waals surface area (Å²) < 4.78 is 0. The number of H-pyrrole nitrogens is 1. The molecule has 0 saturated heterocycles. The van der Waals surface area contributed by atoms with Crippen LogP contribution in [0.15, 0.2) is 126 Å². The molecule has 4 N–H and O–H groups in total. The molecular weight excluding hydrogens is 454 g/mol. The third kappa shape index (κ3) is 4.35. The first-order valence-corrected chi connectivity index (χ1v) is 12.4. The molecule has 6 aromatic rings. The van der Waals surface area contributed by atoms with E-state index in [2.05, 4.69) is 77.4 Å². The summed E-state index contributed by atoms with van der Waals surface area (Å²) in [6.45, 7) is 0.730. The van der Waals surface area contributed by atoms with Gasteiger partial charge in [0.1, 0.15) is 0 Å². The Kier molecular flexibility index (Phi) is 5.93. The van der Waals surface area contributed by atoms with Gasteiger partial charge < -0.3 is 10.7 Å². The second-order valence-electron chi connectivity index (χ2n) is 9.07. The maximum atomic E-state index is 13.1. The molecule has 0 aliphatic carbocycles. The van der Waals surface area contributed by atoms with Crippen LogP contribution in [0, 0.1) is 0 Å². The van der Waals surface area contributed by atoms with Crippen LogP contribution < -0.4 is 11.3 Å². The molecule has 0 bridgehead atoms. The maximum absolute atomic E-state index is 13.1. The van der Waals surface area contributed by atoms with E-state index in [-0.39, 0.29) is 5.56 Å². The van der Waals surface area contributed by atoms with Crippen molar-refractivity contribution in [2.45, 2.75) is 6.54 Å². The van der Waals surface area contributed by atoms with Crippen molar-refractivity contribution >= 4 is 10.9 Å². The number of hydrogen-bond acceptors (Lipinski definition) is 2. The van der Waals surface area contributed by atoms with E-state index in [1.165, 1.54) is 5.56 Å². The Morgan fingerprint density at radius 3 is 1.97 bits per heavy atom. The zero-order chi connectivity index (χ0) is 25.2. The smallest absolute Gasteiger partial charge is 0.257 e. The van der Waals surface area contributed by atoms with Crippen molar-refractivity contribution < 1.29 is 5.73 Å². The van der Waals surface area contributed by atoms with E-state index in [0.717, 1.165) is 51.2 Å². The first-order chi connectivity index (χ1) is 18.2. The quantitative estimate of drug-likeness (QED) is 0.302. The zero-order valence-electron chi connectivity index (χ0n) is 20.3. The molecule has 0 aliphatic rings. The lowest BCUT2D eigenvalue weighted by molar-refractivity contribution is -0.386. The second-order valence-corrected chi connectivity index (χ2v) is 9.07. The second kappa shape index (κ2) is 9.69. The minimum atomic E-state index is -0.151. The molecule has 0 atom stereocenters. The lowest BCUT2D eigenvalue weighted by atomic mass is 9.95. The highest BCUT2D eigenvalue weighted by atomic mass is 16.1. The van der Waals surface area contributed by atoms with Gasteiger partial charge in [0.15, 0.2) is 0 Å². The number of rotatable bonds is 5. The largest absolute Gasteiger partial charge is 0.354 e. The molecular formula is C33H26N3O+. The van der Waals surface area contributed by atoms with E-state index >= 15 is 0 Å². The van der Waals surface area contributed by atoms with Gasteiger partial charge in [0.25, 0.3) is 5.56 Å². The van der Waals surface area contributed by atoms with Crippen LogP contribution in [-0.4, -0.2) is 9.97 Å². The first-order valence-electron chi connectivity index (χ1n) is 12.4. The average Bonchev–Trinajstić information content (AvgIpc) is 2.98. The number of aromatic nitrogens is 2. The van der Waals surface area contributed by atoms with Crippen LogP contribution in [0.5, 0.6) is 0 Å².